The van der Waals surface area contributed by atoms with Crippen molar-refractivity contribution in [1.82, 2.24) is 15.1 Å². The van der Waals surface area contributed by atoms with E-state index in [4.69, 9.17) is 9.84 Å². The standard InChI is InChI=1S/C22H22BrN3O2/c1-13(2)19-18-20(14-8-10-16(23)11-9-14)24-22(27)21(18)26(25-19)12-15-6-4-5-7-17(15)28-3/h4-11,13,20H,12H2,1-3H3,(H,24,27). The van der Waals surface area contributed by atoms with E-state index in [2.05, 4.69) is 35.1 Å². The van der Waals surface area contributed by atoms with Crippen LogP contribution in [0, 0.1) is 0 Å². The lowest BCUT2D eigenvalue weighted by atomic mass is 9.95. The molecule has 0 saturated heterocycles. The maximum atomic E-state index is 12.9. The first kappa shape index (κ1) is 18.7. The molecule has 0 aliphatic carbocycles. The van der Waals surface area contributed by atoms with Gasteiger partial charge in [0.05, 0.1) is 25.4 Å². The van der Waals surface area contributed by atoms with E-state index in [1.165, 1.54) is 0 Å². The van der Waals surface area contributed by atoms with E-state index < -0.39 is 0 Å². The summed E-state index contributed by atoms with van der Waals surface area (Å²) in [6.45, 7) is 4.70. The van der Waals surface area contributed by atoms with Crippen LogP contribution in [0.5, 0.6) is 5.75 Å². The zero-order chi connectivity index (χ0) is 19.8. The Morgan fingerprint density at radius 1 is 1.18 bits per heavy atom. The second-order valence-electron chi connectivity index (χ2n) is 7.23. The summed E-state index contributed by atoms with van der Waals surface area (Å²) in [6, 6.07) is 15.7. The third-order valence-electron chi connectivity index (χ3n) is 5.06. The average Bonchev–Trinajstić information content (AvgIpc) is 3.22. The molecule has 0 saturated carbocycles. The highest BCUT2D eigenvalue weighted by Gasteiger charge is 2.38. The van der Waals surface area contributed by atoms with Gasteiger partial charge in [-0.1, -0.05) is 60.1 Å². The molecule has 1 amide bonds. The zero-order valence-corrected chi connectivity index (χ0v) is 17.7. The molecule has 6 heteroatoms. The van der Waals surface area contributed by atoms with Gasteiger partial charge < -0.3 is 10.1 Å². The Labute approximate surface area is 172 Å². The van der Waals surface area contributed by atoms with Crippen molar-refractivity contribution in [1.29, 1.82) is 0 Å². The highest BCUT2D eigenvalue weighted by molar-refractivity contribution is 9.10. The molecular formula is C22H22BrN3O2. The summed E-state index contributed by atoms with van der Waals surface area (Å²) >= 11 is 3.47. The van der Waals surface area contributed by atoms with Crippen molar-refractivity contribution in [3.63, 3.8) is 0 Å². The quantitative estimate of drug-likeness (QED) is 0.628. The van der Waals surface area contributed by atoms with E-state index in [1.807, 2.05) is 53.2 Å². The van der Waals surface area contributed by atoms with Crippen molar-refractivity contribution < 1.29 is 9.53 Å². The van der Waals surface area contributed by atoms with Crippen LogP contribution in [-0.4, -0.2) is 22.8 Å². The normalized spacial score (nSPS) is 15.6. The van der Waals surface area contributed by atoms with Crippen LogP contribution >= 0.6 is 15.9 Å². The van der Waals surface area contributed by atoms with Gasteiger partial charge in [0.2, 0.25) is 0 Å². The molecule has 28 heavy (non-hydrogen) atoms. The van der Waals surface area contributed by atoms with Gasteiger partial charge >= 0.3 is 0 Å². The van der Waals surface area contributed by atoms with Crippen LogP contribution in [0.3, 0.4) is 0 Å². The van der Waals surface area contributed by atoms with Gasteiger partial charge in [0.15, 0.2) is 0 Å². The molecule has 4 rings (SSSR count). The number of methoxy groups -OCH3 is 1. The molecule has 0 spiro atoms. The highest BCUT2D eigenvalue weighted by atomic mass is 79.9. The van der Waals surface area contributed by atoms with Crippen LogP contribution in [0.1, 0.15) is 58.7 Å². The van der Waals surface area contributed by atoms with E-state index in [-0.39, 0.29) is 17.9 Å². The van der Waals surface area contributed by atoms with Crippen molar-refractivity contribution >= 4 is 21.8 Å². The molecule has 0 bridgehead atoms. The number of amides is 1. The van der Waals surface area contributed by atoms with E-state index in [0.29, 0.717) is 12.2 Å². The first-order valence-electron chi connectivity index (χ1n) is 9.28. The Morgan fingerprint density at radius 3 is 2.57 bits per heavy atom. The molecule has 1 N–H and O–H groups in total. The van der Waals surface area contributed by atoms with E-state index in [1.54, 1.807) is 7.11 Å². The minimum atomic E-state index is -0.181. The monoisotopic (exact) mass is 439 g/mol. The second-order valence-corrected chi connectivity index (χ2v) is 8.15. The van der Waals surface area contributed by atoms with Crippen LogP contribution in [-0.2, 0) is 6.54 Å². The summed E-state index contributed by atoms with van der Waals surface area (Å²) < 4.78 is 8.30. The first-order chi connectivity index (χ1) is 13.5. The third-order valence-corrected chi connectivity index (χ3v) is 5.59. The van der Waals surface area contributed by atoms with Crippen LogP contribution in [0.25, 0.3) is 0 Å². The molecule has 2 aromatic carbocycles. The number of nitrogens with zero attached hydrogens (tertiary/aromatic N) is 2. The van der Waals surface area contributed by atoms with Gasteiger partial charge in [0.1, 0.15) is 11.4 Å². The minimum Gasteiger partial charge on any atom is -0.496 e. The fourth-order valence-electron chi connectivity index (χ4n) is 3.73. The summed E-state index contributed by atoms with van der Waals surface area (Å²) in [7, 11) is 1.65. The number of benzene rings is 2. The number of halogens is 1. The lowest BCUT2D eigenvalue weighted by molar-refractivity contribution is 0.0950. The molecule has 3 aromatic rings. The summed E-state index contributed by atoms with van der Waals surface area (Å²) in [5.74, 6) is 0.913. The van der Waals surface area contributed by atoms with Crippen LogP contribution in [0.2, 0.25) is 0 Å². The lowest BCUT2D eigenvalue weighted by Crippen LogP contribution is -2.23. The first-order valence-corrected chi connectivity index (χ1v) is 10.1. The molecule has 0 fully saturated rings. The van der Waals surface area contributed by atoms with Gasteiger partial charge in [-0.2, -0.15) is 5.10 Å². The number of carbonyl (C=O) groups excluding carboxylic acids is 1. The van der Waals surface area contributed by atoms with Gasteiger partial charge in [-0.25, -0.2) is 0 Å². The lowest BCUT2D eigenvalue weighted by Gasteiger charge is -2.14. The second kappa shape index (κ2) is 7.43. The maximum Gasteiger partial charge on any atom is 0.270 e. The number of nitrogens with one attached hydrogen (secondary N) is 1. The fraction of sp³-hybridized carbons (Fsp3) is 0.273. The highest BCUT2D eigenvalue weighted by Crippen LogP contribution is 2.37. The Morgan fingerprint density at radius 2 is 1.89 bits per heavy atom. The average molecular weight is 440 g/mol. The molecule has 1 atom stereocenters. The Kier molecular flexibility index (Phi) is 4.98. The molecule has 0 radical (unpaired) electrons. The van der Waals surface area contributed by atoms with Crippen molar-refractivity contribution in [2.45, 2.75) is 32.4 Å². The van der Waals surface area contributed by atoms with Crippen molar-refractivity contribution in [3.05, 3.63) is 81.1 Å². The number of fused-ring (bicyclic) bond motifs is 1. The molecular weight excluding hydrogens is 418 g/mol. The maximum absolute atomic E-state index is 12.9. The molecule has 1 aliphatic heterocycles. The van der Waals surface area contributed by atoms with Crippen molar-refractivity contribution in [3.8, 4) is 5.75 Å². The van der Waals surface area contributed by atoms with Gasteiger partial charge in [-0.15, -0.1) is 0 Å². The van der Waals surface area contributed by atoms with Crippen LogP contribution in [0.4, 0.5) is 0 Å². The van der Waals surface area contributed by atoms with Crippen LogP contribution in [0.15, 0.2) is 53.0 Å². The van der Waals surface area contributed by atoms with Crippen LogP contribution < -0.4 is 10.1 Å². The molecule has 1 aromatic heterocycles. The summed E-state index contributed by atoms with van der Waals surface area (Å²) in [4.78, 5) is 12.9. The van der Waals surface area contributed by atoms with E-state index in [0.717, 1.165) is 32.6 Å². The molecule has 5 nitrogen and oxygen atoms in total. The summed E-state index contributed by atoms with van der Waals surface area (Å²) in [5.41, 5.74) is 4.62. The molecule has 144 valence electrons. The predicted octanol–water partition coefficient (Wildman–Crippen LogP) is 4.66. The Hall–Kier alpha value is -2.60. The van der Waals surface area contributed by atoms with E-state index in [9.17, 15) is 4.79 Å². The number of hydrogen-bond donors (Lipinski definition) is 1. The summed E-state index contributed by atoms with van der Waals surface area (Å²) in [6.07, 6.45) is 0. The van der Waals surface area contributed by atoms with Gasteiger partial charge in [-0.3, -0.25) is 9.48 Å². The Balaban J connectivity index is 1.81. The number of aromatic nitrogens is 2. The molecule has 1 unspecified atom stereocenters. The fourth-order valence-corrected chi connectivity index (χ4v) is 4.00. The number of para-hydroxylation sites is 1. The van der Waals surface area contributed by atoms with Crippen molar-refractivity contribution in [2.24, 2.45) is 0 Å². The molecule has 2 heterocycles. The number of ether oxygens (including phenoxy) is 1. The number of rotatable bonds is 5. The topological polar surface area (TPSA) is 56.2 Å². The smallest absolute Gasteiger partial charge is 0.270 e. The van der Waals surface area contributed by atoms with Gasteiger partial charge in [0, 0.05) is 15.6 Å². The number of hydrogen-bond acceptors (Lipinski definition) is 3. The third kappa shape index (κ3) is 3.22. The Bertz CT molecular complexity index is 1020. The van der Waals surface area contributed by atoms with E-state index >= 15 is 0 Å². The SMILES string of the molecule is COc1ccccc1Cn1nc(C(C)C)c2c1C(=O)NC2c1ccc(Br)cc1. The van der Waals surface area contributed by atoms with Crippen molar-refractivity contribution in [2.75, 3.05) is 7.11 Å². The van der Waals surface area contributed by atoms with Gasteiger partial charge in [-0.05, 0) is 29.7 Å². The largest absolute Gasteiger partial charge is 0.496 e. The van der Waals surface area contributed by atoms with Gasteiger partial charge in [0.25, 0.3) is 5.91 Å². The predicted molar refractivity (Wildman–Crippen MR) is 112 cm³/mol. The molecule has 1 aliphatic rings. The summed E-state index contributed by atoms with van der Waals surface area (Å²) in [5, 5.41) is 7.98. The number of carbonyl (C=O) groups is 1. The minimum absolute atomic E-state index is 0.0859. The zero-order valence-electron chi connectivity index (χ0n) is 16.1.